The van der Waals surface area contributed by atoms with Crippen molar-refractivity contribution in [3.8, 4) is 0 Å². The highest BCUT2D eigenvalue weighted by molar-refractivity contribution is 6.04. The molecule has 1 fully saturated rings. The molecular weight excluding hydrogens is 504 g/mol. The standard InChI is InChI=1S/C37H52N2O2/c1-3-4-23-37(41)31-18-10-19-32(26-31)39-27-33(40)20-9-15-29-13-7-16-30(17-8-14-29)25-36-35-22-6-5-21-34(35)28(2)12-11-24-38-36/h6,10-11,18-19,22,24,26,28-30,39H,3-5,7-9,12-17,20-21,23,25,27H2,1-2H3. The Kier molecular flexibility index (Phi) is 12.7. The predicted octanol–water partition coefficient (Wildman–Crippen LogP) is 9.83. The lowest BCUT2D eigenvalue weighted by Crippen LogP contribution is -2.18. The number of benzene rings is 1. The largest absolute Gasteiger partial charge is 0.378 e. The first-order valence-electron chi connectivity index (χ1n) is 16.5. The first kappa shape index (κ1) is 31.2. The fraction of sp³-hybridized carbons (Fsp3) is 0.595. The molecule has 0 amide bonds. The Bertz CT molecular complexity index is 1130. The Balaban J connectivity index is 1.16. The zero-order valence-electron chi connectivity index (χ0n) is 25.6. The van der Waals surface area contributed by atoms with Gasteiger partial charge in [0.2, 0.25) is 0 Å². The van der Waals surface area contributed by atoms with Gasteiger partial charge in [0.05, 0.1) is 6.54 Å². The molecule has 2 aliphatic carbocycles. The molecule has 0 bridgehead atoms. The first-order chi connectivity index (χ1) is 20.0. The van der Waals surface area contributed by atoms with Gasteiger partial charge in [-0.15, -0.1) is 0 Å². The van der Waals surface area contributed by atoms with E-state index in [4.69, 9.17) is 4.99 Å². The summed E-state index contributed by atoms with van der Waals surface area (Å²) < 4.78 is 0. The first-order valence-corrected chi connectivity index (χ1v) is 16.5. The van der Waals surface area contributed by atoms with Gasteiger partial charge in [-0.1, -0.05) is 101 Å². The number of hydrogen-bond acceptors (Lipinski definition) is 4. The van der Waals surface area contributed by atoms with Crippen LogP contribution in [0.5, 0.6) is 0 Å². The average molecular weight is 557 g/mol. The molecule has 4 heteroatoms. The molecule has 1 atom stereocenters. The van der Waals surface area contributed by atoms with Gasteiger partial charge < -0.3 is 5.32 Å². The SMILES string of the molecule is CCCCC(=O)c1cccc(NCC(=O)CCCC2CCCC(CC3=NC=CCC(C)C4=C3C=CCC4)CCC2)c1. The van der Waals surface area contributed by atoms with Crippen LogP contribution in [0, 0.1) is 17.8 Å². The summed E-state index contributed by atoms with van der Waals surface area (Å²) in [4.78, 5) is 29.9. The fourth-order valence-electron chi connectivity index (χ4n) is 6.86. The normalized spacial score (nSPS) is 23.1. The van der Waals surface area contributed by atoms with Gasteiger partial charge >= 0.3 is 0 Å². The third-order valence-electron chi connectivity index (χ3n) is 9.37. The molecule has 1 saturated carbocycles. The van der Waals surface area contributed by atoms with Gasteiger partial charge in [-0.3, -0.25) is 14.6 Å². The maximum Gasteiger partial charge on any atom is 0.162 e. The highest BCUT2D eigenvalue weighted by Gasteiger charge is 2.23. The van der Waals surface area contributed by atoms with E-state index < -0.39 is 0 Å². The van der Waals surface area contributed by atoms with Crippen LogP contribution in [0.3, 0.4) is 0 Å². The van der Waals surface area contributed by atoms with Gasteiger partial charge in [0, 0.05) is 36.0 Å². The van der Waals surface area contributed by atoms with Gasteiger partial charge in [-0.2, -0.15) is 0 Å². The molecule has 4 nitrogen and oxygen atoms in total. The third-order valence-corrected chi connectivity index (χ3v) is 9.37. The van der Waals surface area contributed by atoms with E-state index in [1.807, 2.05) is 24.3 Å². The predicted molar refractivity (Wildman–Crippen MR) is 173 cm³/mol. The molecule has 1 aliphatic heterocycles. The molecule has 1 aromatic rings. The molecule has 1 unspecified atom stereocenters. The maximum absolute atomic E-state index is 12.6. The number of carbonyl (C=O) groups excluding carboxylic acids is 2. The molecule has 4 rings (SSSR count). The Morgan fingerprint density at radius 1 is 1.00 bits per heavy atom. The second kappa shape index (κ2) is 16.6. The Morgan fingerprint density at radius 2 is 1.80 bits per heavy atom. The lowest BCUT2D eigenvalue weighted by molar-refractivity contribution is -0.117. The summed E-state index contributed by atoms with van der Waals surface area (Å²) in [6, 6.07) is 7.59. The van der Waals surface area contributed by atoms with Crippen molar-refractivity contribution in [1.29, 1.82) is 0 Å². The lowest BCUT2D eigenvalue weighted by atomic mass is 9.79. The van der Waals surface area contributed by atoms with E-state index >= 15 is 0 Å². The number of nitrogens with one attached hydrogen (secondary N) is 1. The molecule has 0 spiro atoms. The number of hydrogen-bond donors (Lipinski definition) is 1. The van der Waals surface area contributed by atoms with Crippen molar-refractivity contribution in [3.63, 3.8) is 0 Å². The van der Waals surface area contributed by atoms with Crippen molar-refractivity contribution in [1.82, 2.24) is 0 Å². The van der Waals surface area contributed by atoms with Crippen LogP contribution in [0.25, 0.3) is 0 Å². The zero-order chi connectivity index (χ0) is 28.9. The van der Waals surface area contributed by atoms with Gasteiger partial charge in [0.15, 0.2) is 11.6 Å². The minimum Gasteiger partial charge on any atom is -0.378 e. The molecule has 222 valence electrons. The minimum absolute atomic E-state index is 0.181. The highest BCUT2D eigenvalue weighted by Crippen LogP contribution is 2.35. The monoisotopic (exact) mass is 556 g/mol. The number of anilines is 1. The Hall–Kier alpha value is -2.75. The molecule has 41 heavy (non-hydrogen) atoms. The van der Waals surface area contributed by atoms with E-state index in [1.165, 1.54) is 62.7 Å². The summed E-state index contributed by atoms with van der Waals surface area (Å²) in [5.74, 6) is 2.54. The van der Waals surface area contributed by atoms with Crippen LogP contribution in [-0.4, -0.2) is 23.8 Å². The molecular formula is C37H52N2O2. The van der Waals surface area contributed by atoms with Gasteiger partial charge in [-0.25, -0.2) is 0 Å². The third kappa shape index (κ3) is 9.94. The van der Waals surface area contributed by atoms with Crippen molar-refractivity contribution in [2.24, 2.45) is 22.7 Å². The van der Waals surface area contributed by atoms with Crippen LogP contribution in [0.15, 0.2) is 64.8 Å². The smallest absolute Gasteiger partial charge is 0.162 e. The lowest BCUT2D eigenvalue weighted by Gasteiger charge is -2.28. The number of ketones is 2. The van der Waals surface area contributed by atoms with Crippen LogP contribution in [0.4, 0.5) is 5.69 Å². The van der Waals surface area contributed by atoms with Gasteiger partial charge in [0.1, 0.15) is 0 Å². The van der Waals surface area contributed by atoms with E-state index in [1.54, 1.807) is 5.57 Å². The quantitative estimate of drug-likeness (QED) is 0.246. The summed E-state index contributed by atoms with van der Waals surface area (Å²) in [5, 5.41) is 3.24. The van der Waals surface area contributed by atoms with Crippen LogP contribution >= 0.6 is 0 Å². The number of unbranched alkanes of at least 4 members (excludes halogenated alkanes) is 1. The second-order valence-electron chi connectivity index (χ2n) is 12.7. The molecule has 0 radical (unpaired) electrons. The summed E-state index contributed by atoms with van der Waals surface area (Å²) in [6.07, 6.45) is 26.6. The minimum atomic E-state index is 0.181. The van der Waals surface area contributed by atoms with Crippen molar-refractivity contribution in [2.45, 2.75) is 117 Å². The summed E-state index contributed by atoms with van der Waals surface area (Å²) in [7, 11) is 0. The van der Waals surface area contributed by atoms with E-state index in [-0.39, 0.29) is 11.6 Å². The number of rotatable bonds is 13. The molecule has 1 aromatic carbocycles. The molecule has 3 aliphatic rings. The van der Waals surface area contributed by atoms with Crippen LogP contribution in [0.1, 0.15) is 127 Å². The van der Waals surface area contributed by atoms with Crippen LogP contribution in [0.2, 0.25) is 0 Å². The second-order valence-corrected chi connectivity index (χ2v) is 12.7. The van der Waals surface area contributed by atoms with E-state index in [0.29, 0.717) is 25.3 Å². The summed E-state index contributed by atoms with van der Waals surface area (Å²) >= 11 is 0. The van der Waals surface area contributed by atoms with Crippen molar-refractivity contribution in [3.05, 3.63) is 65.4 Å². The topological polar surface area (TPSA) is 58.5 Å². The van der Waals surface area contributed by atoms with Gasteiger partial charge in [0.25, 0.3) is 0 Å². The summed E-state index contributed by atoms with van der Waals surface area (Å²) in [5.41, 5.74) is 5.98. The molecule has 0 saturated heterocycles. The van der Waals surface area contributed by atoms with Crippen molar-refractivity contribution < 1.29 is 9.59 Å². The zero-order valence-corrected chi connectivity index (χ0v) is 25.6. The van der Waals surface area contributed by atoms with Crippen LogP contribution in [-0.2, 0) is 4.79 Å². The number of nitrogens with zero attached hydrogens (tertiary/aromatic N) is 1. The van der Waals surface area contributed by atoms with E-state index in [2.05, 4.69) is 43.6 Å². The maximum atomic E-state index is 12.6. The fourth-order valence-corrected chi connectivity index (χ4v) is 6.86. The number of allylic oxidation sites excluding steroid dienone is 5. The van der Waals surface area contributed by atoms with E-state index in [0.717, 1.165) is 61.6 Å². The molecule has 0 aromatic heterocycles. The van der Waals surface area contributed by atoms with Crippen molar-refractivity contribution >= 4 is 23.0 Å². The molecule has 1 N–H and O–H groups in total. The van der Waals surface area contributed by atoms with Crippen molar-refractivity contribution in [2.75, 3.05) is 11.9 Å². The Morgan fingerprint density at radius 3 is 2.61 bits per heavy atom. The Labute approximate surface area is 248 Å². The average Bonchev–Trinajstić information content (AvgIpc) is 2.97. The number of aliphatic imine (C=N–C) groups is 1. The highest BCUT2D eigenvalue weighted by atomic mass is 16.1. The number of Topliss-reactive ketones (excluding diaryl/α,β-unsaturated/α-hetero) is 2. The summed E-state index contributed by atoms with van der Waals surface area (Å²) in [6.45, 7) is 4.81. The number of carbonyl (C=O) groups is 2. The van der Waals surface area contributed by atoms with E-state index in [9.17, 15) is 9.59 Å². The van der Waals surface area contributed by atoms with Crippen LogP contribution < -0.4 is 5.32 Å². The van der Waals surface area contributed by atoms with Gasteiger partial charge in [-0.05, 0) is 74.0 Å². The molecule has 1 heterocycles.